The number of anilines is 3. The molecule has 3 aliphatic rings. The molecule has 0 fully saturated rings. The van der Waals surface area contributed by atoms with Crippen LogP contribution in [0.3, 0.4) is 0 Å². The summed E-state index contributed by atoms with van der Waals surface area (Å²) >= 11 is 1.86. The van der Waals surface area contributed by atoms with Gasteiger partial charge in [0.25, 0.3) is 6.71 Å². The van der Waals surface area contributed by atoms with Crippen molar-refractivity contribution in [1.82, 2.24) is 0 Å². The van der Waals surface area contributed by atoms with Crippen LogP contribution in [0, 0.1) is 0 Å². The Balaban J connectivity index is 1.63. The van der Waals surface area contributed by atoms with Gasteiger partial charge in [0.1, 0.15) is 11.5 Å². The predicted molar refractivity (Wildman–Crippen MR) is 116 cm³/mol. The normalized spacial score (nSPS) is 14.4. The maximum absolute atomic E-state index is 6.39. The summed E-state index contributed by atoms with van der Waals surface area (Å²) in [5.41, 5.74) is 7.67. The fraction of sp³-hybridized carbons (Fsp3) is 0. The van der Waals surface area contributed by atoms with Gasteiger partial charge in [0.05, 0.1) is 0 Å². The molecule has 3 aliphatic heterocycles. The van der Waals surface area contributed by atoms with E-state index in [1.54, 1.807) is 0 Å². The van der Waals surface area contributed by atoms with Crippen LogP contribution in [0.25, 0.3) is 0 Å². The summed E-state index contributed by atoms with van der Waals surface area (Å²) in [7, 11) is 0. The molecule has 0 bridgehead atoms. The third-order valence-corrected chi connectivity index (χ3v) is 7.07. The second-order valence-electron chi connectivity index (χ2n) is 7.35. The number of nitrogens with zero attached hydrogens (tertiary/aromatic N) is 1. The van der Waals surface area contributed by atoms with Crippen LogP contribution in [-0.2, 0) is 0 Å². The summed E-state index contributed by atoms with van der Waals surface area (Å²) in [6, 6.07) is 30.2. The van der Waals surface area contributed by atoms with E-state index in [2.05, 4.69) is 89.8 Å². The lowest BCUT2D eigenvalue weighted by molar-refractivity contribution is 0.486. The summed E-state index contributed by atoms with van der Waals surface area (Å²) < 4.78 is 6.39. The van der Waals surface area contributed by atoms with E-state index >= 15 is 0 Å². The molecule has 130 valence electrons. The van der Waals surface area contributed by atoms with Crippen molar-refractivity contribution in [3.8, 4) is 11.5 Å². The smallest absolute Gasteiger partial charge is 0.259 e. The minimum Gasteiger partial charge on any atom is -0.458 e. The average Bonchev–Trinajstić information content (AvgIpc) is 2.75. The van der Waals surface area contributed by atoms with E-state index in [0.29, 0.717) is 0 Å². The van der Waals surface area contributed by atoms with E-state index in [-0.39, 0.29) is 6.71 Å². The topological polar surface area (TPSA) is 12.5 Å². The van der Waals surface area contributed by atoms with Crippen molar-refractivity contribution in [3.05, 3.63) is 84.9 Å². The molecule has 0 spiro atoms. The molecule has 0 aromatic heterocycles. The molecule has 2 nitrogen and oxygen atoms in total. The Labute approximate surface area is 167 Å². The Morgan fingerprint density at radius 2 is 1.25 bits per heavy atom. The fourth-order valence-corrected chi connectivity index (χ4v) is 6.05. The maximum atomic E-state index is 6.39. The molecule has 0 N–H and O–H groups in total. The van der Waals surface area contributed by atoms with Gasteiger partial charge in [0, 0.05) is 26.9 Å². The van der Waals surface area contributed by atoms with Crippen molar-refractivity contribution in [2.45, 2.75) is 9.79 Å². The summed E-state index contributed by atoms with van der Waals surface area (Å²) in [5, 5.41) is 0. The zero-order valence-electron chi connectivity index (χ0n) is 14.9. The van der Waals surface area contributed by atoms with Gasteiger partial charge in [-0.3, -0.25) is 0 Å². The van der Waals surface area contributed by atoms with Crippen LogP contribution < -0.4 is 26.0 Å². The number of benzene rings is 4. The van der Waals surface area contributed by atoms with Crippen LogP contribution in [0.5, 0.6) is 11.5 Å². The van der Waals surface area contributed by atoms with E-state index in [1.807, 2.05) is 11.8 Å². The van der Waals surface area contributed by atoms with Gasteiger partial charge in [-0.05, 0) is 64.9 Å². The third kappa shape index (κ3) is 1.76. The van der Waals surface area contributed by atoms with Gasteiger partial charge >= 0.3 is 0 Å². The largest absolute Gasteiger partial charge is 0.458 e. The third-order valence-electron chi connectivity index (χ3n) is 5.91. The summed E-state index contributed by atoms with van der Waals surface area (Å²) in [5.74, 6) is 1.97. The van der Waals surface area contributed by atoms with Crippen LogP contribution in [0.2, 0.25) is 0 Å². The Morgan fingerprint density at radius 1 is 0.607 bits per heavy atom. The lowest BCUT2D eigenvalue weighted by Crippen LogP contribution is -2.61. The van der Waals surface area contributed by atoms with E-state index in [9.17, 15) is 0 Å². The Hall–Kier alpha value is -3.11. The first kappa shape index (κ1) is 14.9. The standard InChI is InChI=1S/C24H14BNOS/c1-2-7-15(8-3-1)26-16-9-4-11-18-22(16)25-23-17(26)10-5-13-20(23)28-21-14-6-12-19(27-18)24(21)25/h1-14H. The van der Waals surface area contributed by atoms with Crippen molar-refractivity contribution in [2.75, 3.05) is 4.90 Å². The van der Waals surface area contributed by atoms with Gasteiger partial charge in [-0.15, -0.1) is 0 Å². The second-order valence-corrected chi connectivity index (χ2v) is 8.44. The highest BCUT2D eigenvalue weighted by atomic mass is 32.2. The molecule has 0 unspecified atom stereocenters. The molecule has 4 heteroatoms. The molecule has 28 heavy (non-hydrogen) atoms. The Bertz CT molecular complexity index is 1210. The minimum atomic E-state index is 0.235. The Kier molecular flexibility index (Phi) is 2.79. The van der Waals surface area contributed by atoms with Crippen LogP contribution in [0.15, 0.2) is 94.7 Å². The van der Waals surface area contributed by atoms with Crippen LogP contribution in [-0.4, -0.2) is 6.71 Å². The molecule has 4 aromatic carbocycles. The number of ether oxygens (including phenoxy) is 1. The highest BCUT2D eigenvalue weighted by Gasteiger charge is 2.45. The molecular weight excluding hydrogens is 361 g/mol. The van der Waals surface area contributed by atoms with Crippen molar-refractivity contribution >= 4 is 51.9 Å². The number of hydrogen-bond acceptors (Lipinski definition) is 3. The van der Waals surface area contributed by atoms with E-state index in [4.69, 9.17) is 4.74 Å². The van der Waals surface area contributed by atoms with Crippen molar-refractivity contribution < 1.29 is 4.74 Å². The van der Waals surface area contributed by atoms with Crippen LogP contribution in [0.4, 0.5) is 17.1 Å². The SMILES string of the molecule is c1ccc(N2c3cccc4c3B3c5c(cccc5Sc5cccc2c53)O4)cc1. The van der Waals surface area contributed by atoms with E-state index in [1.165, 1.54) is 43.2 Å². The molecule has 0 saturated carbocycles. The molecule has 4 aromatic rings. The summed E-state index contributed by atoms with van der Waals surface area (Å²) in [6.45, 7) is 0.235. The predicted octanol–water partition coefficient (Wildman–Crippen LogP) is 4.56. The van der Waals surface area contributed by atoms with E-state index < -0.39 is 0 Å². The fourth-order valence-electron chi connectivity index (χ4n) is 4.85. The monoisotopic (exact) mass is 375 g/mol. The lowest BCUT2D eigenvalue weighted by atomic mass is 9.34. The van der Waals surface area contributed by atoms with Gasteiger partial charge < -0.3 is 9.64 Å². The number of rotatable bonds is 1. The molecule has 3 heterocycles. The highest BCUT2D eigenvalue weighted by molar-refractivity contribution is 8.00. The summed E-state index contributed by atoms with van der Waals surface area (Å²) in [4.78, 5) is 5.04. The quantitative estimate of drug-likeness (QED) is 0.391. The lowest BCUT2D eigenvalue weighted by Gasteiger charge is -2.42. The number of hydrogen-bond donors (Lipinski definition) is 0. The molecule has 0 atom stereocenters. The zero-order chi connectivity index (χ0) is 18.2. The van der Waals surface area contributed by atoms with Gasteiger partial charge in [-0.1, -0.05) is 48.2 Å². The van der Waals surface area contributed by atoms with Crippen molar-refractivity contribution in [3.63, 3.8) is 0 Å². The molecule has 7 rings (SSSR count). The first-order valence-electron chi connectivity index (χ1n) is 9.50. The molecular formula is C24H14BNOS. The van der Waals surface area contributed by atoms with Crippen molar-refractivity contribution in [1.29, 1.82) is 0 Å². The van der Waals surface area contributed by atoms with Gasteiger partial charge in [0.15, 0.2) is 0 Å². The van der Waals surface area contributed by atoms with E-state index in [0.717, 1.165) is 11.5 Å². The summed E-state index contributed by atoms with van der Waals surface area (Å²) in [6.07, 6.45) is 0. The van der Waals surface area contributed by atoms with Gasteiger partial charge in [-0.2, -0.15) is 0 Å². The molecule has 0 saturated heterocycles. The molecule has 0 radical (unpaired) electrons. The van der Waals surface area contributed by atoms with Gasteiger partial charge in [0.2, 0.25) is 0 Å². The van der Waals surface area contributed by atoms with Gasteiger partial charge in [-0.25, -0.2) is 0 Å². The zero-order valence-corrected chi connectivity index (χ0v) is 15.7. The Morgan fingerprint density at radius 3 is 2.07 bits per heavy atom. The van der Waals surface area contributed by atoms with Crippen LogP contribution >= 0.6 is 11.8 Å². The number of para-hydroxylation sites is 1. The maximum Gasteiger partial charge on any atom is 0.259 e. The van der Waals surface area contributed by atoms with Crippen molar-refractivity contribution in [2.24, 2.45) is 0 Å². The van der Waals surface area contributed by atoms with Crippen LogP contribution in [0.1, 0.15) is 0 Å². The average molecular weight is 375 g/mol. The first-order valence-corrected chi connectivity index (χ1v) is 10.3. The highest BCUT2D eigenvalue weighted by Crippen LogP contribution is 2.45. The molecule has 0 aliphatic carbocycles. The minimum absolute atomic E-state index is 0.235. The second kappa shape index (κ2) is 5.24. The molecule has 0 amide bonds. The first-order chi connectivity index (χ1) is 13.9.